The average Bonchev–Trinajstić information content (AvgIpc) is 3.40. The van der Waals surface area contributed by atoms with Gasteiger partial charge < -0.3 is 14.8 Å². The quantitative estimate of drug-likeness (QED) is 0.648. The van der Waals surface area contributed by atoms with Crippen molar-refractivity contribution in [3.63, 3.8) is 0 Å². The van der Waals surface area contributed by atoms with E-state index < -0.39 is 0 Å². The summed E-state index contributed by atoms with van der Waals surface area (Å²) in [4.78, 5) is 20.1. The highest BCUT2D eigenvalue weighted by atomic mass is 32.1. The summed E-state index contributed by atoms with van der Waals surface area (Å²) in [6, 6.07) is 13.5. The number of likely N-dealkylation sites (tertiary alicyclic amines) is 1. The first-order chi connectivity index (χ1) is 14.1. The Morgan fingerprint density at radius 3 is 2.83 bits per heavy atom. The zero-order valence-corrected chi connectivity index (χ0v) is 17.7. The maximum absolute atomic E-state index is 13.0. The topological polar surface area (TPSA) is 63.7 Å². The van der Waals surface area contributed by atoms with Crippen molar-refractivity contribution in [1.29, 1.82) is 0 Å². The van der Waals surface area contributed by atoms with Gasteiger partial charge in [-0.15, -0.1) is 11.3 Å². The molecule has 1 aliphatic rings. The van der Waals surface area contributed by atoms with E-state index in [0.717, 1.165) is 29.9 Å². The fourth-order valence-corrected chi connectivity index (χ4v) is 4.96. The molecule has 7 heteroatoms. The molecule has 1 saturated heterocycles. The van der Waals surface area contributed by atoms with Gasteiger partial charge in [-0.25, -0.2) is 4.98 Å². The highest BCUT2D eigenvalue weighted by Gasteiger charge is 2.35. The number of aromatic nitrogens is 1. The number of para-hydroxylation sites is 1. The number of ether oxygens (including phenoxy) is 2. The number of anilines is 1. The number of methoxy groups -OCH3 is 2. The minimum Gasteiger partial charge on any atom is -0.497 e. The van der Waals surface area contributed by atoms with Crippen molar-refractivity contribution in [2.45, 2.75) is 31.8 Å². The molecular weight excluding hydrogens is 386 g/mol. The Labute approximate surface area is 174 Å². The van der Waals surface area contributed by atoms with Crippen LogP contribution in [0.4, 0.5) is 5.69 Å². The molecule has 1 N–H and O–H groups in total. The lowest BCUT2D eigenvalue weighted by molar-refractivity contribution is -0.121. The molecule has 1 aromatic heterocycles. The molecule has 0 aliphatic carbocycles. The van der Waals surface area contributed by atoms with Gasteiger partial charge >= 0.3 is 0 Å². The van der Waals surface area contributed by atoms with Crippen LogP contribution < -0.4 is 14.8 Å². The summed E-state index contributed by atoms with van der Waals surface area (Å²) in [6.07, 6.45) is 2.08. The fourth-order valence-electron chi connectivity index (χ4n) is 3.84. The number of carbonyl (C=O) groups is 1. The molecule has 152 valence electrons. The second kappa shape index (κ2) is 8.39. The van der Waals surface area contributed by atoms with Gasteiger partial charge in [-0.3, -0.25) is 9.69 Å². The number of nitrogens with zero attached hydrogens (tertiary/aromatic N) is 2. The molecule has 0 saturated carbocycles. The summed E-state index contributed by atoms with van der Waals surface area (Å²) >= 11 is 1.72. The van der Waals surface area contributed by atoms with E-state index in [1.54, 1.807) is 37.7 Å². The van der Waals surface area contributed by atoms with Gasteiger partial charge in [0, 0.05) is 6.07 Å². The van der Waals surface area contributed by atoms with Crippen molar-refractivity contribution in [1.82, 2.24) is 9.88 Å². The first kappa shape index (κ1) is 19.7. The van der Waals surface area contributed by atoms with E-state index in [9.17, 15) is 4.79 Å². The highest BCUT2D eigenvalue weighted by Crippen LogP contribution is 2.38. The van der Waals surface area contributed by atoms with Crippen LogP contribution >= 0.6 is 11.3 Å². The van der Waals surface area contributed by atoms with Crippen molar-refractivity contribution in [2.75, 3.05) is 26.1 Å². The molecule has 0 spiro atoms. The van der Waals surface area contributed by atoms with E-state index in [1.807, 2.05) is 31.2 Å². The summed E-state index contributed by atoms with van der Waals surface area (Å²) in [5.41, 5.74) is 1.67. The van der Waals surface area contributed by atoms with Crippen molar-refractivity contribution in [2.24, 2.45) is 0 Å². The number of fused-ring (bicyclic) bond motifs is 1. The molecule has 2 aromatic carbocycles. The summed E-state index contributed by atoms with van der Waals surface area (Å²) in [5.74, 6) is 1.21. The smallest absolute Gasteiger partial charge is 0.241 e. The van der Waals surface area contributed by atoms with Gasteiger partial charge in [0.15, 0.2) is 0 Å². The Morgan fingerprint density at radius 1 is 1.24 bits per heavy atom. The number of thiazole rings is 1. The van der Waals surface area contributed by atoms with E-state index in [4.69, 9.17) is 14.5 Å². The molecule has 4 rings (SSSR count). The van der Waals surface area contributed by atoms with Crippen LogP contribution in [0, 0.1) is 0 Å². The van der Waals surface area contributed by atoms with Crippen molar-refractivity contribution in [3.05, 3.63) is 47.5 Å². The van der Waals surface area contributed by atoms with Crippen LogP contribution in [0.15, 0.2) is 42.5 Å². The number of rotatable bonds is 6. The van der Waals surface area contributed by atoms with E-state index in [1.165, 1.54) is 4.70 Å². The zero-order chi connectivity index (χ0) is 20.4. The summed E-state index contributed by atoms with van der Waals surface area (Å²) < 4.78 is 11.8. The molecular formula is C22H25N3O3S. The largest absolute Gasteiger partial charge is 0.497 e. The first-order valence-corrected chi connectivity index (χ1v) is 10.6. The van der Waals surface area contributed by atoms with Gasteiger partial charge in [-0.1, -0.05) is 12.1 Å². The molecule has 2 heterocycles. The third-order valence-electron chi connectivity index (χ3n) is 5.43. The van der Waals surface area contributed by atoms with Crippen molar-refractivity contribution in [3.8, 4) is 11.5 Å². The monoisotopic (exact) mass is 411 g/mol. The molecule has 2 unspecified atom stereocenters. The van der Waals surface area contributed by atoms with Gasteiger partial charge in [0.1, 0.15) is 16.5 Å². The number of benzene rings is 2. The third kappa shape index (κ3) is 3.93. The van der Waals surface area contributed by atoms with Gasteiger partial charge in [-0.05, 0) is 50.6 Å². The molecule has 6 nitrogen and oxygen atoms in total. The molecule has 0 bridgehead atoms. The Hall–Kier alpha value is -2.64. The molecule has 1 aliphatic heterocycles. The van der Waals surface area contributed by atoms with Crippen LogP contribution in [-0.4, -0.2) is 42.6 Å². The number of nitrogens with one attached hydrogen (secondary N) is 1. The molecule has 2 atom stereocenters. The third-order valence-corrected chi connectivity index (χ3v) is 6.57. The summed E-state index contributed by atoms with van der Waals surface area (Å²) in [6.45, 7) is 2.84. The molecule has 1 fully saturated rings. The van der Waals surface area contributed by atoms with Crippen LogP contribution in [0.25, 0.3) is 10.2 Å². The fraction of sp³-hybridized carbons (Fsp3) is 0.364. The van der Waals surface area contributed by atoms with Gasteiger partial charge in [-0.2, -0.15) is 0 Å². The molecule has 3 aromatic rings. The SMILES string of the molecule is COc1ccc(NC(=O)C(C)N2CCCC2c2nc3ccccc3s2)c(OC)c1. The lowest BCUT2D eigenvalue weighted by Crippen LogP contribution is -2.41. The molecule has 29 heavy (non-hydrogen) atoms. The second-order valence-electron chi connectivity index (χ2n) is 7.15. The van der Waals surface area contributed by atoms with Crippen LogP contribution in [-0.2, 0) is 4.79 Å². The number of amides is 1. The van der Waals surface area contributed by atoms with Gasteiger partial charge in [0.25, 0.3) is 0 Å². The zero-order valence-electron chi connectivity index (χ0n) is 16.8. The van der Waals surface area contributed by atoms with Crippen LogP contribution in [0.1, 0.15) is 30.8 Å². The normalized spacial score (nSPS) is 18.0. The first-order valence-electron chi connectivity index (χ1n) is 9.75. The summed E-state index contributed by atoms with van der Waals surface area (Å²) in [7, 11) is 3.18. The number of hydrogen-bond donors (Lipinski definition) is 1. The lowest BCUT2D eigenvalue weighted by atomic mass is 10.2. The Kier molecular flexibility index (Phi) is 5.69. The Balaban J connectivity index is 1.52. The van der Waals surface area contributed by atoms with E-state index >= 15 is 0 Å². The van der Waals surface area contributed by atoms with Crippen LogP contribution in [0.5, 0.6) is 11.5 Å². The summed E-state index contributed by atoms with van der Waals surface area (Å²) in [5, 5.41) is 4.10. The van der Waals surface area contributed by atoms with Crippen molar-refractivity contribution >= 4 is 33.1 Å². The van der Waals surface area contributed by atoms with Crippen LogP contribution in [0.3, 0.4) is 0 Å². The van der Waals surface area contributed by atoms with Gasteiger partial charge in [0.2, 0.25) is 5.91 Å². The molecule has 0 radical (unpaired) electrons. The van der Waals surface area contributed by atoms with E-state index in [2.05, 4.69) is 16.3 Å². The van der Waals surface area contributed by atoms with Gasteiger partial charge in [0.05, 0.1) is 42.2 Å². The maximum atomic E-state index is 13.0. The van der Waals surface area contributed by atoms with E-state index in [0.29, 0.717) is 17.2 Å². The number of hydrogen-bond acceptors (Lipinski definition) is 6. The van der Waals surface area contributed by atoms with Crippen LogP contribution in [0.2, 0.25) is 0 Å². The Bertz CT molecular complexity index is 986. The van der Waals surface area contributed by atoms with E-state index in [-0.39, 0.29) is 18.0 Å². The predicted octanol–water partition coefficient (Wildman–Crippen LogP) is 4.48. The average molecular weight is 412 g/mol. The predicted molar refractivity (Wildman–Crippen MR) is 116 cm³/mol. The Morgan fingerprint density at radius 2 is 2.07 bits per heavy atom. The standard InChI is InChI=1S/C22H25N3O3S/c1-14(21(26)23-16-11-10-15(27-2)13-19(16)28-3)25-12-6-8-18(25)22-24-17-7-4-5-9-20(17)29-22/h4-5,7,9-11,13-14,18H,6,8,12H2,1-3H3,(H,23,26). The lowest BCUT2D eigenvalue weighted by Gasteiger charge is -2.28. The number of carbonyl (C=O) groups excluding carboxylic acids is 1. The minimum absolute atomic E-state index is 0.0542. The maximum Gasteiger partial charge on any atom is 0.241 e. The minimum atomic E-state index is -0.277. The highest BCUT2D eigenvalue weighted by molar-refractivity contribution is 7.18. The van der Waals surface area contributed by atoms with Crippen molar-refractivity contribution < 1.29 is 14.3 Å². The molecule has 1 amide bonds. The second-order valence-corrected chi connectivity index (χ2v) is 8.21.